The van der Waals surface area contributed by atoms with Crippen LogP contribution in [0.15, 0.2) is 35.4 Å². The second-order valence-corrected chi connectivity index (χ2v) is 6.81. The standard InChI is InChI=1S/C17H16Cl3N3O2/c1-9(2)8-11(10-6-4-3-5-7-10)22-23-14-12(18)15(17(24)25)21-16(20)13(14)19/h3-7,9H,8H2,1-2H3,(H,21,23)(H,24,25)/b22-11-. The third-order valence-electron chi connectivity index (χ3n) is 3.25. The number of carboxylic acid groups (broad SMARTS) is 1. The molecule has 0 aliphatic carbocycles. The van der Waals surface area contributed by atoms with Gasteiger partial charge in [-0.25, -0.2) is 9.78 Å². The topological polar surface area (TPSA) is 74.6 Å². The Bertz CT molecular complexity index is 809. The van der Waals surface area contributed by atoms with E-state index >= 15 is 0 Å². The van der Waals surface area contributed by atoms with Gasteiger partial charge in [-0.05, 0) is 17.9 Å². The third kappa shape index (κ3) is 4.84. The third-order valence-corrected chi connectivity index (χ3v) is 4.36. The number of hydrogen-bond acceptors (Lipinski definition) is 4. The highest BCUT2D eigenvalue weighted by molar-refractivity contribution is 6.46. The summed E-state index contributed by atoms with van der Waals surface area (Å²) in [7, 11) is 0. The lowest BCUT2D eigenvalue weighted by Gasteiger charge is -2.13. The number of hydrazone groups is 1. The highest BCUT2D eigenvalue weighted by Gasteiger charge is 2.21. The molecule has 5 nitrogen and oxygen atoms in total. The highest BCUT2D eigenvalue weighted by atomic mass is 35.5. The van der Waals surface area contributed by atoms with Crippen molar-refractivity contribution in [3.05, 3.63) is 56.8 Å². The van der Waals surface area contributed by atoms with Crippen molar-refractivity contribution in [3.8, 4) is 0 Å². The van der Waals surface area contributed by atoms with Crippen LogP contribution in [0.4, 0.5) is 5.69 Å². The summed E-state index contributed by atoms with van der Waals surface area (Å²) in [5.74, 6) is -0.941. The van der Waals surface area contributed by atoms with E-state index in [2.05, 4.69) is 29.4 Å². The Balaban J connectivity index is 2.46. The molecule has 2 N–H and O–H groups in total. The van der Waals surface area contributed by atoms with Crippen molar-refractivity contribution in [2.45, 2.75) is 20.3 Å². The van der Waals surface area contributed by atoms with Gasteiger partial charge in [0.15, 0.2) is 10.8 Å². The Kier molecular flexibility index (Phi) is 6.64. The van der Waals surface area contributed by atoms with E-state index in [0.29, 0.717) is 12.3 Å². The van der Waals surface area contributed by atoms with Gasteiger partial charge >= 0.3 is 5.97 Å². The van der Waals surface area contributed by atoms with Gasteiger partial charge in [0.2, 0.25) is 0 Å². The van der Waals surface area contributed by atoms with Gasteiger partial charge in [-0.3, -0.25) is 5.43 Å². The molecule has 0 amide bonds. The van der Waals surface area contributed by atoms with Crippen molar-refractivity contribution in [2.75, 3.05) is 5.43 Å². The van der Waals surface area contributed by atoms with Crippen LogP contribution in [0.1, 0.15) is 36.3 Å². The van der Waals surface area contributed by atoms with Crippen LogP contribution >= 0.6 is 34.8 Å². The summed E-state index contributed by atoms with van der Waals surface area (Å²) in [6.07, 6.45) is 0.705. The van der Waals surface area contributed by atoms with Crippen LogP contribution in [0.2, 0.25) is 15.2 Å². The van der Waals surface area contributed by atoms with Crippen LogP contribution in [0.25, 0.3) is 0 Å². The molecule has 2 aromatic rings. The Labute approximate surface area is 160 Å². The molecule has 0 atom stereocenters. The average Bonchev–Trinajstić information content (AvgIpc) is 2.57. The molecule has 0 aliphatic heterocycles. The number of hydrogen-bond donors (Lipinski definition) is 2. The van der Waals surface area contributed by atoms with E-state index in [0.717, 1.165) is 11.3 Å². The number of benzene rings is 1. The first-order valence-electron chi connectivity index (χ1n) is 7.47. The number of carboxylic acids is 1. The molecule has 0 saturated heterocycles. The van der Waals surface area contributed by atoms with Crippen LogP contribution < -0.4 is 5.43 Å². The number of nitrogens with one attached hydrogen (secondary N) is 1. The zero-order valence-corrected chi connectivity index (χ0v) is 15.8. The van der Waals surface area contributed by atoms with E-state index in [9.17, 15) is 4.79 Å². The molecule has 1 aromatic heterocycles. The molecule has 1 aromatic carbocycles. The molecule has 0 aliphatic rings. The SMILES string of the molecule is CC(C)C/C(=N/Nc1c(Cl)c(Cl)nc(C(=O)O)c1Cl)c1ccccc1. The lowest BCUT2D eigenvalue weighted by Crippen LogP contribution is -2.10. The van der Waals surface area contributed by atoms with Crippen molar-refractivity contribution in [1.29, 1.82) is 0 Å². The lowest BCUT2D eigenvalue weighted by atomic mass is 10.0. The van der Waals surface area contributed by atoms with E-state index < -0.39 is 5.97 Å². The lowest BCUT2D eigenvalue weighted by molar-refractivity contribution is 0.0691. The van der Waals surface area contributed by atoms with Gasteiger partial charge in [-0.1, -0.05) is 79.0 Å². The van der Waals surface area contributed by atoms with Crippen LogP contribution in [-0.2, 0) is 0 Å². The Hall–Kier alpha value is -1.82. The zero-order chi connectivity index (χ0) is 18.6. The van der Waals surface area contributed by atoms with Gasteiger partial charge in [-0.15, -0.1) is 0 Å². The van der Waals surface area contributed by atoms with Crippen molar-refractivity contribution in [1.82, 2.24) is 4.98 Å². The summed E-state index contributed by atoms with van der Waals surface area (Å²) in [4.78, 5) is 14.9. The number of rotatable bonds is 6. The van der Waals surface area contributed by atoms with Crippen molar-refractivity contribution in [2.24, 2.45) is 11.0 Å². The van der Waals surface area contributed by atoms with Gasteiger partial charge < -0.3 is 5.11 Å². The summed E-state index contributed by atoms with van der Waals surface area (Å²) in [5.41, 5.74) is 4.20. The fourth-order valence-electron chi connectivity index (χ4n) is 2.12. The monoisotopic (exact) mass is 399 g/mol. The Morgan fingerprint density at radius 3 is 2.40 bits per heavy atom. The minimum absolute atomic E-state index is 0.0115. The van der Waals surface area contributed by atoms with E-state index in [4.69, 9.17) is 39.9 Å². The van der Waals surface area contributed by atoms with Gasteiger partial charge in [0.05, 0.1) is 11.4 Å². The van der Waals surface area contributed by atoms with Crippen LogP contribution in [-0.4, -0.2) is 21.8 Å². The number of aromatic nitrogens is 1. The van der Waals surface area contributed by atoms with Crippen LogP contribution in [0.5, 0.6) is 0 Å². The molecular formula is C17H16Cl3N3O2. The molecule has 132 valence electrons. The van der Waals surface area contributed by atoms with E-state index in [1.165, 1.54) is 0 Å². The normalized spacial score (nSPS) is 11.7. The maximum absolute atomic E-state index is 11.2. The number of anilines is 1. The number of pyridine rings is 1. The predicted octanol–water partition coefficient (Wildman–Crippen LogP) is 5.60. The van der Waals surface area contributed by atoms with E-state index in [1.54, 1.807) is 0 Å². The van der Waals surface area contributed by atoms with Crippen molar-refractivity contribution < 1.29 is 9.90 Å². The molecule has 0 fully saturated rings. The molecule has 25 heavy (non-hydrogen) atoms. The summed E-state index contributed by atoms with van der Waals surface area (Å²) in [5, 5.41) is 13.3. The Morgan fingerprint density at radius 1 is 1.20 bits per heavy atom. The second kappa shape index (κ2) is 8.52. The second-order valence-electron chi connectivity index (χ2n) is 5.69. The molecule has 8 heteroatoms. The predicted molar refractivity (Wildman–Crippen MR) is 102 cm³/mol. The number of halogens is 3. The number of nitrogens with zero attached hydrogens (tertiary/aromatic N) is 2. The Morgan fingerprint density at radius 2 is 1.84 bits per heavy atom. The minimum atomic E-state index is -1.30. The largest absolute Gasteiger partial charge is 0.476 e. The number of aromatic carboxylic acids is 1. The van der Waals surface area contributed by atoms with Gasteiger partial charge in [-0.2, -0.15) is 5.10 Å². The highest BCUT2D eigenvalue weighted by Crippen LogP contribution is 2.37. The molecular weight excluding hydrogens is 385 g/mol. The summed E-state index contributed by atoms with van der Waals surface area (Å²) < 4.78 is 0. The molecule has 0 bridgehead atoms. The summed E-state index contributed by atoms with van der Waals surface area (Å²) >= 11 is 18.1. The molecule has 0 unspecified atom stereocenters. The van der Waals surface area contributed by atoms with Gasteiger partial charge in [0, 0.05) is 0 Å². The summed E-state index contributed by atoms with van der Waals surface area (Å²) in [6.45, 7) is 4.15. The van der Waals surface area contributed by atoms with Crippen molar-refractivity contribution in [3.63, 3.8) is 0 Å². The van der Waals surface area contributed by atoms with Gasteiger partial charge in [0.1, 0.15) is 10.0 Å². The summed E-state index contributed by atoms with van der Waals surface area (Å²) in [6, 6.07) is 9.62. The zero-order valence-electron chi connectivity index (χ0n) is 13.6. The van der Waals surface area contributed by atoms with Crippen LogP contribution in [0.3, 0.4) is 0 Å². The smallest absolute Gasteiger partial charge is 0.356 e. The first-order valence-corrected chi connectivity index (χ1v) is 8.60. The van der Waals surface area contributed by atoms with E-state index in [-0.39, 0.29) is 26.6 Å². The van der Waals surface area contributed by atoms with Crippen molar-refractivity contribution >= 4 is 52.2 Å². The fraction of sp³-hybridized carbons (Fsp3) is 0.235. The molecule has 0 radical (unpaired) electrons. The maximum atomic E-state index is 11.2. The first-order chi connectivity index (χ1) is 11.8. The first kappa shape index (κ1) is 19.5. The van der Waals surface area contributed by atoms with E-state index in [1.807, 2.05) is 30.3 Å². The quantitative estimate of drug-likeness (QED) is 0.376. The molecule has 1 heterocycles. The molecule has 2 rings (SSSR count). The number of carbonyl (C=O) groups is 1. The fourth-order valence-corrected chi connectivity index (χ4v) is 2.79. The minimum Gasteiger partial charge on any atom is -0.476 e. The van der Waals surface area contributed by atoms with Gasteiger partial charge in [0.25, 0.3) is 0 Å². The van der Waals surface area contributed by atoms with Crippen LogP contribution in [0, 0.1) is 5.92 Å². The molecule has 0 spiro atoms. The molecule has 0 saturated carbocycles. The average molecular weight is 401 g/mol. The maximum Gasteiger partial charge on any atom is 0.356 e.